The molecule has 0 bridgehead atoms. The molecule has 5 heteroatoms. The number of rotatable bonds is 6. The molecule has 18 heavy (non-hydrogen) atoms. The van der Waals surface area contributed by atoms with Gasteiger partial charge in [-0.15, -0.1) is 0 Å². The van der Waals surface area contributed by atoms with Gasteiger partial charge < -0.3 is 10.6 Å². The minimum atomic E-state index is -0.211. The van der Waals surface area contributed by atoms with Gasteiger partial charge >= 0.3 is 0 Å². The molecule has 0 aromatic rings. The van der Waals surface area contributed by atoms with Crippen LogP contribution in [0.4, 0.5) is 0 Å². The van der Waals surface area contributed by atoms with Gasteiger partial charge in [0, 0.05) is 11.8 Å². The molecule has 2 atom stereocenters. The van der Waals surface area contributed by atoms with Crippen LogP contribution in [0.25, 0.3) is 0 Å². The summed E-state index contributed by atoms with van der Waals surface area (Å²) >= 11 is 1.79. The number of carbonyl (C=O) groups excluding carboxylic acids is 1. The van der Waals surface area contributed by atoms with E-state index in [0.29, 0.717) is 11.8 Å². The summed E-state index contributed by atoms with van der Waals surface area (Å²) in [5, 5.41) is 7.50. The Morgan fingerprint density at radius 3 is 2.67 bits per heavy atom. The van der Waals surface area contributed by atoms with Crippen molar-refractivity contribution in [3.05, 3.63) is 0 Å². The maximum atomic E-state index is 11.6. The van der Waals surface area contributed by atoms with E-state index in [9.17, 15) is 4.79 Å². The maximum absolute atomic E-state index is 11.6. The molecule has 1 aliphatic rings. The smallest absolute Gasteiger partial charge is 0.242 e. The van der Waals surface area contributed by atoms with Crippen LogP contribution in [0.3, 0.4) is 0 Å². The Hall–Kier alpha value is -0.710. The van der Waals surface area contributed by atoms with Gasteiger partial charge in [0.15, 0.2) is 5.17 Å². The zero-order chi connectivity index (χ0) is 13.5. The van der Waals surface area contributed by atoms with Crippen LogP contribution in [0.5, 0.6) is 0 Å². The predicted molar refractivity (Wildman–Crippen MR) is 79.0 cm³/mol. The molecule has 0 saturated carbocycles. The fraction of sp³-hybridized carbons (Fsp3) is 0.846. The van der Waals surface area contributed by atoms with Crippen LogP contribution >= 0.6 is 11.8 Å². The van der Waals surface area contributed by atoms with Crippen LogP contribution in [0.2, 0.25) is 0 Å². The zero-order valence-corrected chi connectivity index (χ0v) is 12.6. The largest absolute Gasteiger partial charge is 0.355 e. The first kappa shape index (κ1) is 15.3. The van der Waals surface area contributed by atoms with Crippen molar-refractivity contribution < 1.29 is 4.79 Å². The lowest BCUT2D eigenvalue weighted by Crippen LogP contribution is -2.43. The topological polar surface area (TPSA) is 53.5 Å². The highest BCUT2D eigenvalue weighted by molar-refractivity contribution is 8.14. The molecule has 4 nitrogen and oxygen atoms in total. The normalized spacial score (nSPS) is 20.7. The fourth-order valence-corrected chi connectivity index (χ4v) is 3.52. The van der Waals surface area contributed by atoms with E-state index in [1.807, 2.05) is 13.8 Å². The van der Waals surface area contributed by atoms with Crippen LogP contribution in [-0.2, 0) is 4.79 Å². The third-order valence-electron chi connectivity index (χ3n) is 3.34. The van der Waals surface area contributed by atoms with Crippen LogP contribution in [0.1, 0.15) is 40.5 Å². The molecule has 0 aliphatic carbocycles. The molecule has 2 N–H and O–H groups in total. The van der Waals surface area contributed by atoms with Gasteiger partial charge in [0.1, 0.15) is 6.04 Å². The molecule has 1 rings (SSSR count). The number of hydrogen-bond acceptors (Lipinski definition) is 4. The Balaban J connectivity index is 2.40. The molecule has 0 spiro atoms. The predicted octanol–water partition coefficient (Wildman–Crippen LogP) is 2.01. The Labute approximate surface area is 114 Å². The summed E-state index contributed by atoms with van der Waals surface area (Å²) in [7, 11) is 0. The van der Waals surface area contributed by atoms with E-state index in [-0.39, 0.29) is 11.9 Å². The first-order valence-corrected chi connectivity index (χ1v) is 7.75. The Morgan fingerprint density at radius 1 is 1.44 bits per heavy atom. The molecule has 0 saturated heterocycles. The van der Waals surface area contributed by atoms with Gasteiger partial charge in [0.2, 0.25) is 5.91 Å². The van der Waals surface area contributed by atoms with Gasteiger partial charge in [0.25, 0.3) is 0 Å². The van der Waals surface area contributed by atoms with Gasteiger partial charge in [-0.25, -0.2) is 0 Å². The highest BCUT2D eigenvalue weighted by atomic mass is 32.2. The van der Waals surface area contributed by atoms with Crippen molar-refractivity contribution in [2.45, 2.75) is 51.8 Å². The standard InChI is InChI=1S/C13H25N3OS/c1-5-10(6-2)11-8-15-13(18-11)16-9(4)12(17)14-7-3/h9-11H,5-8H2,1-4H3,(H,14,17)(H,15,16). The number of hydrogen-bond donors (Lipinski definition) is 2. The molecule has 1 amide bonds. The molecule has 104 valence electrons. The van der Waals surface area contributed by atoms with Crippen molar-refractivity contribution in [1.82, 2.24) is 10.6 Å². The highest BCUT2D eigenvalue weighted by Crippen LogP contribution is 2.30. The van der Waals surface area contributed by atoms with Crippen molar-refractivity contribution in [3.63, 3.8) is 0 Å². The second-order valence-electron chi connectivity index (χ2n) is 4.64. The van der Waals surface area contributed by atoms with Crippen LogP contribution in [0, 0.1) is 5.92 Å². The fourth-order valence-electron chi connectivity index (χ4n) is 2.11. The van der Waals surface area contributed by atoms with Crippen LogP contribution in [-0.4, -0.2) is 35.5 Å². The second-order valence-corrected chi connectivity index (χ2v) is 5.87. The number of aliphatic imine (C=N–C) groups is 1. The molecule has 0 aromatic heterocycles. The molecular formula is C13H25N3OS. The minimum Gasteiger partial charge on any atom is -0.355 e. The highest BCUT2D eigenvalue weighted by Gasteiger charge is 2.27. The van der Waals surface area contributed by atoms with E-state index in [2.05, 4.69) is 29.5 Å². The molecule has 1 aliphatic heterocycles. The molecular weight excluding hydrogens is 246 g/mol. The Kier molecular flexibility index (Phi) is 6.54. The lowest BCUT2D eigenvalue weighted by molar-refractivity contribution is -0.122. The summed E-state index contributed by atoms with van der Waals surface area (Å²) in [6.07, 6.45) is 2.39. The average Bonchev–Trinajstić information content (AvgIpc) is 2.79. The third kappa shape index (κ3) is 4.19. The van der Waals surface area contributed by atoms with Gasteiger partial charge in [-0.1, -0.05) is 38.5 Å². The van der Waals surface area contributed by atoms with Crippen LogP contribution < -0.4 is 10.6 Å². The summed E-state index contributed by atoms with van der Waals surface area (Å²) in [4.78, 5) is 16.1. The zero-order valence-electron chi connectivity index (χ0n) is 11.8. The summed E-state index contributed by atoms with van der Waals surface area (Å²) < 4.78 is 0. The van der Waals surface area contributed by atoms with E-state index in [4.69, 9.17) is 0 Å². The first-order chi connectivity index (χ1) is 8.62. The van der Waals surface area contributed by atoms with Gasteiger partial charge in [-0.05, 0) is 19.8 Å². The molecule has 0 fully saturated rings. The number of amidine groups is 1. The molecule has 0 aromatic carbocycles. The van der Waals surface area contributed by atoms with E-state index >= 15 is 0 Å². The van der Waals surface area contributed by atoms with Gasteiger partial charge in [-0.3, -0.25) is 9.79 Å². The summed E-state index contributed by atoms with van der Waals surface area (Å²) in [5.74, 6) is 0.754. The van der Waals surface area contributed by atoms with Crippen molar-refractivity contribution in [2.75, 3.05) is 13.1 Å². The monoisotopic (exact) mass is 271 g/mol. The van der Waals surface area contributed by atoms with E-state index in [1.165, 1.54) is 12.8 Å². The van der Waals surface area contributed by atoms with E-state index in [1.54, 1.807) is 11.8 Å². The van der Waals surface area contributed by atoms with E-state index in [0.717, 1.165) is 17.6 Å². The van der Waals surface area contributed by atoms with Crippen molar-refractivity contribution in [1.29, 1.82) is 0 Å². The van der Waals surface area contributed by atoms with Crippen molar-refractivity contribution in [3.8, 4) is 0 Å². The first-order valence-electron chi connectivity index (χ1n) is 6.87. The van der Waals surface area contributed by atoms with Crippen molar-refractivity contribution in [2.24, 2.45) is 10.9 Å². The number of amides is 1. The second kappa shape index (κ2) is 7.67. The number of carbonyl (C=O) groups is 1. The minimum absolute atomic E-state index is 0.0341. The molecule has 0 radical (unpaired) electrons. The van der Waals surface area contributed by atoms with Gasteiger partial charge in [0.05, 0.1) is 6.54 Å². The number of nitrogens with one attached hydrogen (secondary N) is 2. The van der Waals surface area contributed by atoms with E-state index < -0.39 is 0 Å². The number of likely N-dealkylation sites (N-methyl/N-ethyl adjacent to an activating group) is 1. The molecule has 1 heterocycles. The lowest BCUT2D eigenvalue weighted by atomic mass is 9.99. The Bertz CT molecular complexity index is 303. The maximum Gasteiger partial charge on any atom is 0.242 e. The average molecular weight is 271 g/mol. The summed E-state index contributed by atoms with van der Waals surface area (Å²) in [6.45, 7) is 9.81. The SMILES string of the molecule is CCNC(=O)C(C)NC1=NCC(C(CC)CC)S1. The number of thioether (sulfide) groups is 1. The quantitative estimate of drug-likeness (QED) is 0.777. The van der Waals surface area contributed by atoms with Crippen molar-refractivity contribution >= 4 is 22.8 Å². The molecule has 2 unspecified atom stereocenters. The number of nitrogens with zero attached hydrogens (tertiary/aromatic N) is 1. The summed E-state index contributed by atoms with van der Waals surface area (Å²) in [5.41, 5.74) is 0. The Morgan fingerprint density at radius 2 is 2.11 bits per heavy atom. The lowest BCUT2D eigenvalue weighted by Gasteiger charge is -2.19. The van der Waals surface area contributed by atoms with Crippen LogP contribution in [0.15, 0.2) is 4.99 Å². The third-order valence-corrected chi connectivity index (χ3v) is 4.64. The van der Waals surface area contributed by atoms with Gasteiger partial charge in [-0.2, -0.15) is 0 Å². The summed E-state index contributed by atoms with van der Waals surface area (Å²) in [6, 6.07) is -0.211.